The van der Waals surface area contributed by atoms with E-state index in [4.69, 9.17) is 4.98 Å². The SMILES string of the molecule is c1ccc(-c2cccc(N(c3cccc4ccccc34)c3cc4c(-c5ccccc5)nc5ccccc5c4c4c3sc3ccccc34)c2)cc1. The zero-order valence-electron chi connectivity index (χ0n) is 27.1. The van der Waals surface area contributed by atoms with Gasteiger partial charge in [0.2, 0.25) is 0 Å². The molecule has 0 amide bonds. The van der Waals surface area contributed by atoms with Crippen LogP contribution >= 0.6 is 11.3 Å². The molecule has 0 saturated heterocycles. The molecule has 0 spiro atoms. The van der Waals surface area contributed by atoms with E-state index < -0.39 is 0 Å². The molecule has 0 bridgehead atoms. The van der Waals surface area contributed by atoms with Gasteiger partial charge in [-0.2, -0.15) is 0 Å². The first-order valence-corrected chi connectivity index (χ1v) is 17.8. The number of thiophene rings is 1. The molecule has 0 unspecified atom stereocenters. The van der Waals surface area contributed by atoms with E-state index in [2.05, 4.69) is 187 Å². The summed E-state index contributed by atoms with van der Waals surface area (Å²) in [5, 5.41) is 8.52. The molecule has 0 aliphatic heterocycles. The summed E-state index contributed by atoms with van der Waals surface area (Å²) >= 11 is 1.87. The molecule has 0 aliphatic carbocycles. The fraction of sp³-hybridized carbons (Fsp3) is 0. The van der Waals surface area contributed by atoms with E-state index in [9.17, 15) is 0 Å². The van der Waals surface area contributed by atoms with Crippen molar-refractivity contribution in [3.8, 4) is 22.4 Å². The van der Waals surface area contributed by atoms with E-state index in [1.807, 2.05) is 11.3 Å². The molecule has 10 rings (SSSR count). The third-order valence-electron chi connectivity index (χ3n) is 9.80. The number of hydrogen-bond donors (Lipinski definition) is 0. The van der Waals surface area contributed by atoms with Crippen LogP contribution in [-0.2, 0) is 0 Å². The molecule has 50 heavy (non-hydrogen) atoms. The lowest BCUT2D eigenvalue weighted by atomic mass is 9.94. The molecule has 0 N–H and O–H groups in total. The maximum Gasteiger partial charge on any atom is 0.0789 e. The zero-order valence-corrected chi connectivity index (χ0v) is 27.9. The summed E-state index contributed by atoms with van der Waals surface area (Å²) in [6.45, 7) is 0. The first-order chi connectivity index (χ1) is 24.8. The van der Waals surface area contributed by atoms with Crippen molar-refractivity contribution in [1.82, 2.24) is 4.98 Å². The second-order valence-electron chi connectivity index (χ2n) is 12.7. The normalized spacial score (nSPS) is 11.6. The Labute approximate surface area is 294 Å². The van der Waals surface area contributed by atoms with Crippen molar-refractivity contribution >= 4 is 81.0 Å². The number of rotatable bonds is 5. The van der Waals surface area contributed by atoms with Crippen LogP contribution in [-0.4, -0.2) is 4.98 Å². The van der Waals surface area contributed by atoms with Crippen LogP contribution in [0.25, 0.3) is 75.0 Å². The Morgan fingerprint density at radius 3 is 1.90 bits per heavy atom. The molecule has 2 aromatic heterocycles. The first kappa shape index (κ1) is 28.7. The summed E-state index contributed by atoms with van der Waals surface area (Å²) in [4.78, 5) is 7.86. The van der Waals surface area contributed by atoms with Gasteiger partial charge >= 0.3 is 0 Å². The lowest BCUT2D eigenvalue weighted by molar-refractivity contribution is 1.32. The Bertz CT molecular complexity index is 2870. The number of hydrogen-bond acceptors (Lipinski definition) is 3. The Balaban J connectivity index is 1.39. The zero-order chi connectivity index (χ0) is 33.0. The van der Waals surface area contributed by atoms with Crippen LogP contribution < -0.4 is 4.90 Å². The molecule has 10 aromatic rings. The highest BCUT2D eigenvalue weighted by atomic mass is 32.1. The number of benzene rings is 8. The van der Waals surface area contributed by atoms with E-state index in [1.165, 1.54) is 52.8 Å². The van der Waals surface area contributed by atoms with Gasteiger partial charge in [-0.25, -0.2) is 4.98 Å². The van der Waals surface area contributed by atoms with Crippen LogP contribution in [0.5, 0.6) is 0 Å². The Morgan fingerprint density at radius 1 is 0.420 bits per heavy atom. The predicted octanol–water partition coefficient (Wildman–Crippen LogP) is 13.7. The van der Waals surface area contributed by atoms with Gasteiger partial charge in [-0.3, -0.25) is 0 Å². The van der Waals surface area contributed by atoms with Gasteiger partial charge < -0.3 is 4.90 Å². The largest absolute Gasteiger partial charge is 0.308 e. The molecule has 8 aromatic carbocycles. The topological polar surface area (TPSA) is 16.1 Å². The molecule has 0 radical (unpaired) electrons. The van der Waals surface area contributed by atoms with Crippen molar-refractivity contribution in [2.75, 3.05) is 4.90 Å². The van der Waals surface area contributed by atoms with E-state index in [0.29, 0.717) is 0 Å². The fourth-order valence-corrected chi connectivity index (χ4v) is 8.78. The standard InChI is InChI=1S/C47H30N2S/c1-3-15-31(16-4-1)34-21-13-22-35(29-34)49(41-27-14-20-32-17-7-8-23-36(32)41)42-30-39-44(45-38-25-10-12-28-43(38)50-47(42)45)37-24-9-11-26-40(37)48-46(39)33-18-5-2-6-19-33/h1-30H. The average Bonchev–Trinajstić information content (AvgIpc) is 3.58. The summed E-state index contributed by atoms with van der Waals surface area (Å²) in [5.41, 5.74) is 8.87. The number of pyridine rings is 1. The Morgan fingerprint density at radius 2 is 1.06 bits per heavy atom. The van der Waals surface area contributed by atoms with Gasteiger partial charge in [0.05, 0.1) is 27.3 Å². The number of para-hydroxylation sites is 1. The minimum atomic E-state index is 0.994. The molecule has 2 heterocycles. The van der Waals surface area contributed by atoms with Crippen LogP contribution in [0.4, 0.5) is 17.1 Å². The first-order valence-electron chi connectivity index (χ1n) is 17.0. The Kier molecular flexibility index (Phi) is 6.71. The Hall–Kier alpha value is -6.29. The lowest BCUT2D eigenvalue weighted by Gasteiger charge is -2.29. The molecule has 2 nitrogen and oxygen atoms in total. The fourth-order valence-electron chi connectivity index (χ4n) is 7.56. The van der Waals surface area contributed by atoms with Crippen LogP contribution in [0.3, 0.4) is 0 Å². The maximum absolute atomic E-state index is 5.38. The minimum absolute atomic E-state index is 0.994. The van der Waals surface area contributed by atoms with Crippen LogP contribution in [0.2, 0.25) is 0 Å². The summed E-state index contributed by atoms with van der Waals surface area (Å²) in [6.07, 6.45) is 0. The smallest absolute Gasteiger partial charge is 0.0789 e. The number of fused-ring (bicyclic) bond motifs is 8. The highest BCUT2D eigenvalue weighted by Gasteiger charge is 2.24. The second kappa shape index (κ2) is 11.7. The van der Waals surface area contributed by atoms with Crippen molar-refractivity contribution in [2.24, 2.45) is 0 Å². The maximum atomic E-state index is 5.38. The molecule has 0 fully saturated rings. The van der Waals surface area contributed by atoms with Crippen LogP contribution in [0.1, 0.15) is 0 Å². The van der Waals surface area contributed by atoms with Gasteiger partial charge in [-0.15, -0.1) is 11.3 Å². The quantitative estimate of drug-likeness (QED) is 0.172. The van der Waals surface area contributed by atoms with Crippen molar-refractivity contribution in [1.29, 1.82) is 0 Å². The summed E-state index contributed by atoms with van der Waals surface area (Å²) in [6, 6.07) is 65.5. The molecule has 0 aliphatic rings. The van der Waals surface area contributed by atoms with Gasteiger partial charge in [-0.1, -0.05) is 146 Å². The van der Waals surface area contributed by atoms with Crippen molar-refractivity contribution in [2.45, 2.75) is 0 Å². The van der Waals surface area contributed by atoms with Gasteiger partial charge in [0.1, 0.15) is 0 Å². The molecule has 0 saturated carbocycles. The molecule has 234 valence electrons. The van der Waals surface area contributed by atoms with Gasteiger partial charge in [0, 0.05) is 48.3 Å². The molecular formula is C47H30N2S. The minimum Gasteiger partial charge on any atom is -0.308 e. The van der Waals surface area contributed by atoms with E-state index in [0.717, 1.165) is 39.2 Å². The monoisotopic (exact) mass is 654 g/mol. The highest BCUT2D eigenvalue weighted by Crippen LogP contribution is 2.51. The van der Waals surface area contributed by atoms with Crippen LogP contribution in [0, 0.1) is 0 Å². The molecule has 3 heteroatoms. The predicted molar refractivity (Wildman–Crippen MR) is 215 cm³/mol. The van der Waals surface area contributed by atoms with Crippen molar-refractivity contribution < 1.29 is 0 Å². The molecular weight excluding hydrogens is 625 g/mol. The summed E-state index contributed by atoms with van der Waals surface area (Å²) in [5.74, 6) is 0. The summed E-state index contributed by atoms with van der Waals surface area (Å²) in [7, 11) is 0. The van der Waals surface area contributed by atoms with E-state index >= 15 is 0 Å². The molecule has 0 atom stereocenters. The third kappa shape index (κ3) is 4.59. The van der Waals surface area contributed by atoms with E-state index in [-0.39, 0.29) is 0 Å². The van der Waals surface area contributed by atoms with Crippen molar-refractivity contribution in [3.63, 3.8) is 0 Å². The number of anilines is 3. The van der Waals surface area contributed by atoms with Crippen molar-refractivity contribution in [3.05, 3.63) is 182 Å². The highest BCUT2D eigenvalue weighted by molar-refractivity contribution is 7.26. The van der Waals surface area contributed by atoms with Gasteiger partial charge in [0.25, 0.3) is 0 Å². The number of nitrogens with zero attached hydrogens (tertiary/aromatic N) is 2. The van der Waals surface area contributed by atoms with Crippen LogP contribution in [0.15, 0.2) is 182 Å². The van der Waals surface area contributed by atoms with Gasteiger partial charge in [0.15, 0.2) is 0 Å². The average molecular weight is 655 g/mol. The van der Waals surface area contributed by atoms with E-state index in [1.54, 1.807) is 0 Å². The lowest BCUT2D eigenvalue weighted by Crippen LogP contribution is -2.11. The second-order valence-corrected chi connectivity index (χ2v) is 13.8. The third-order valence-corrected chi connectivity index (χ3v) is 11.0. The van der Waals surface area contributed by atoms with Gasteiger partial charge in [-0.05, 0) is 52.9 Å². The summed E-state index contributed by atoms with van der Waals surface area (Å²) < 4.78 is 2.53. The number of aromatic nitrogens is 1.